The quantitative estimate of drug-likeness (QED) is 0.585. The molecule has 1 rings (SSSR count). The SMILES string of the molecule is O=C(O)/C=C/NCC1COCCO1. The Kier molecular flexibility index (Phi) is 4.28. The second-order valence-electron chi connectivity index (χ2n) is 2.65. The summed E-state index contributed by atoms with van der Waals surface area (Å²) in [4.78, 5) is 10.1. The molecule has 0 aromatic rings. The Hall–Kier alpha value is -1.07. The predicted octanol–water partition coefficient (Wildman–Crippen LogP) is -0.410. The van der Waals surface area contributed by atoms with Crippen molar-refractivity contribution in [3.63, 3.8) is 0 Å². The zero-order chi connectivity index (χ0) is 9.52. The van der Waals surface area contributed by atoms with Crippen molar-refractivity contribution >= 4 is 5.97 Å². The Morgan fingerprint density at radius 2 is 2.46 bits per heavy atom. The third-order valence-corrected chi connectivity index (χ3v) is 1.57. The molecule has 2 N–H and O–H groups in total. The molecule has 13 heavy (non-hydrogen) atoms. The molecule has 1 fully saturated rings. The van der Waals surface area contributed by atoms with E-state index in [-0.39, 0.29) is 6.10 Å². The molecule has 5 heteroatoms. The van der Waals surface area contributed by atoms with E-state index in [0.717, 1.165) is 6.08 Å². The fourth-order valence-corrected chi connectivity index (χ4v) is 0.984. The molecule has 1 saturated heterocycles. The van der Waals surface area contributed by atoms with Gasteiger partial charge in [-0.3, -0.25) is 0 Å². The minimum atomic E-state index is -0.965. The maximum absolute atomic E-state index is 10.1. The fourth-order valence-electron chi connectivity index (χ4n) is 0.984. The molecule has 1 heterocycles. The van der Waals surface area contributed by atoms with E-state index in [9.17, 15) is 4.79 Å². The van der Waals surface area contributed by atoms with Crippen molar-refractivity contribution in [2.75, 3.05) is 26.4 Å². The first-order valence-electron chi connectivity index (χ1n) is 4.11. The number of carbonyl (C=O) groups is 1. The lowest BCUT2D eigenvalue weighted by Crippen LogP contribution is -2.35. The van der Waals surface area contributed by atoms with Gasteiger partial charge in [0.25, 0.3) is 0 Å². The first kappa shape index (κ1) is 10.0. The summed E-state index contributed by atoms with van der Waals surface area (Å²) in [7, 11) is 0. The van der Waals surface area contributed by atoms with Gasteiger partial charge in [-0.05, 0) is 0 Å². The van der Waals surface area contributed by atoms with Crippen LogP contribution in [0, 0.1) is 0 Å². The molecule has 74 valence electrons. The minimum absolute atomic E-state index is 0.0206. The number of hydrogen-bond acceptors (Lipinski definition) is 4. The monoisotopic (exact) mass is 187 g/mol. The van der Waals surface area contributed by atoms with E-state index in [1.165, 1.54) is 6.20 Å². The number of hydrogen-bond donors (Lipinski definition) is 2. The molecule has 1 unspecified atom stereocenters. The summed E-state index contributed by atoms with van der Waals surface area (Å²) in [6.07, 6.45) is 2.46. The van der Waals surface area contributed by atoms with E-state index in [4.69, 9.17) is 14.6 Å². The van der Waals surface area contributed by atoms with Crippen LogP contribution in [-0.2, 0) is 14.3 Å². The molecule has 0 saturated carbocycles. The van der Waals surface area contributed by atoms with Gasteiger partial charge >= 0.3 is 5.97 Å². The van der Waals surface area contributed by atoms with Crippen molar-refractivity contribution in [3.05, 3.63) is 12.3 Å². The molecule has 1 atom stereocenters. The van der Waals surface area contributed by atoms with Crippen molar-refractivity contribution in [1.82, 2.24) is 5.32 Å². The normalized spacial score (nSPS) is 23.2. The lowest BCUT2D eigenvalue weighted by atomic mass is 10.3. The highest BCUT2D eigenvalue weighted by Crippen LogP contribution is 1.98. The van der Waals surface area contributed by atoms with Gasteiger partial charge in [0.1, 0.15) is 0 Å². The highest BCUT2D eigenvalue weighted by molar-refractivity contribution is 5.79. The van der Waals surface area contributed by atoms with Gasteiger partial charge in [0.2, 0.25) is 0 Å². The minimum Gasteiger partial charge on any atom is -0.478 e. The Balaban J connectivity index is 2.07. The lowest BCUT2D eigenvalue weighted by Gasteiger charge is -2.22. The van der Waals surface area contributed by atoms with Crippen molar-refractivity contribution in [3.8, 4) is 0 Å². The molecule has 0 amide bonds. The van der Waals surface area contributed by atoms with Gasteiger partial charge in [0.05, 0.1) is 25.9 Å². The van der Waals surface area contributed by atoms with E-state index < -0.39 is 5.97 Å². The van der Waals surface area contributed by atoms with E-state index in [2.05, 4.69) is 5.32 Å². The summed E-state index contributed by atoms with van der Waals surface area (Å²) in [6, 6.07) is 0. The van der Waals surface area contributed by atoms with E-state index in [1.807, 2.05) is 0 Å². The van der Waals surface area contributed by atoms with E-state index >= 15 is 0 Å². The summed E-state index contributed by atoms with van der Waals surface area (Å²) in [5.41, 5.74) is 0. The first-order valence-corrected chi connectivity index (χ1v) is 4.11. The van der Waals surface area contributed by atoms with Crippen LogP contribution in [0.25, 0.3) is 0 Å². The third kappa shape index (κ3) is 4.49. The molecule has 0 aromatic heterocycles. The van der Waals surface area contributed by atoms with Crippen molar-refractivity contribution in [2.45, 2.75) is 6.10 Å². The molecule has 0 radical (unpaired) electrons. The van der Waals surface area contributed by atoms with Gasteiger partial charge in [-0.25, -0.2) is 4.79 Å². The highest BCUT2D eigenvalue weighted by atomic mass is 16.6. The Bertz CT molecular complexity index is 187. The third-order valence-electron chi connectivity index (χ3n) is 1.57. The second-order valence-corrected chi connectivity index (χ2v) is 2.65. The van der Waals surface area contributed by atoms with Gasteiger partial charge in [0.15, 0.2) is 0 Å². The van der Waals surface area contributed by atoms with Crippen LogP contribution in [0.1, 0.15) is 0 Å². The van der Waals surface area contributed by atoms with Crippen LogP contribution < -0.4 is 5.32 Å². The number of rotatable bonds is 4. The second kappa shape index (κ2) is 5.55. The molecule has 1 aliphatic rings. The van der Waals surface area contributed by atoms with E-state index in [0.29, 0.717) is 26.4 Å². The van der Waals surface area contributed by atoms with Gasteiger partial charge in [-0.15, -0.1) is 0 Å². The van der Waals surface area contributed by atoms with Crippen LogP contribution in [0.15, 0.2) is 12.3 Å². The summed E-state index contributed by atoms with van der Waals surface area (Å²) in [5.74, 6) is -0.965. The zero-order valence-corrected chi connectivity index (χ0v) is 7.23. The number of carboxylic acid groups (broad SMARTS) is 1. The summed E-state index contributed by atoms with van der Waals surface area (Å²) in [6.45, 7) is 2.38. The number of carboxylic acids is 1. The Morgan fingerprint density at radius 1 is 1.62 bits per heavy atom. The maximum Gasteiger partial charge on any atom is 0.329 e. The van der Waals surface area contributed by atoms with Gasteiger partial charge < -0.3 is 19.9 Å². The van der Waals surface area contributed by atoms with Crippen LogP contribution in [0.3, 0.4) is 0 Å². The fraction of sp³-hybridized carbons (Fsp3) is 0.625. The van der Waals surface area contributed by atoms with Crippen LogP contribution in [0.2, 0.25) is 0 Å². The number of nitrogens with one attached hydrogen (secondary N) is 1. The molecular formula is C8H13NO4. The van der Waals surface area contributed by atoms with Crippen LogP contribution in [-0.4, -0.2) is 43.5 Å². The summed E-state index contributed by atoms with van der Waals surface area (Å²) < 4.78 is 10.5. The molecule has 0 aromatic carbocycles. The lowest BCUT2D eigenvalue weighted by molar-refractivity contribution is -0.131. The Labute approximate surface area is 76.3 Å². The van der Waals surface area contributed by atoms with Crippen molar-refractivity contribution in [2.24, 2.45) is 0 Å². The van der Waals surface area contributed by atoms with Crippen molar-refractivity contribution in [1.29, 1.82) is 0 Å². The smallest absolute Gasteiger partial charge is 0.329 e. The predicted molar refractivity (Wildman–Crippen MR) is 45.3 cm³/mol. The van der Waals surface area contributed by atoms with Gasteiger partial charge in [0, 0.05) is 18.8 Å². The molecule has 0 spiro atoms. The van der Waals surface area contributed by atoms with Crippen LogP contribution in [0.4, 0.5) is 0 Å². The first-order chi connectivity index (χ1) is 6.29. The van der Waals surface area contributed by atoms with Gasteiger partial charge in [-0.1, -0.05) is 0 Å². The molecule has 0 bridgehead atoms. The maximum atomic E-state index is 10.1. The van der Waals surface area contributed by atoms with Crippen LogP contribution >= 0.6 is 0 Å². The average Bonchev–Trinajstić information content (AvgIpc) is 2.14. The van der Waals surface area contributed by atoms with Gasteiger partial charge in [-0.2, -0.15) is 0 Å². The molecule has 5 nitrogen and oxygen atoms in total. The molecule has 0 aliphatic carbocycles. The van der Waals surface area contributed by atoms with E-state index in [1.54, 1.807) is 0 Å². The Morgan fingerprint density at radius 3 is 3.08 bits per heavy atom. The zero-order valence-electron chi connectivity index (χ0n) is 7.23. The number of aliphatic carboxylic acids is 1. The van der Waals surface area contributed by atoms with Crippen molar-refractivity contribution < 1.29 is 19.4 Å². The largest absolute Gasteiger partial charge is 0.478 e. The molecule has 1 aliphatic heterocycles. The summed E-state index contributed by atoms with van der Waals surface area (Å²) >= 11 is 0. The highest BCUT2D eigenvalue weighted by Gasteiger charge is 2.12. The molecular weight excluding hydrogens is 174 g/mol. The average molecular weight is 187 g/mol. The topological polar surface area (TPSA) is 67.8 Å². The number of ether oxygens (including phenoxy) is 2. The van der Waals surface area contributed by atoms with Crippen LogP contribution in [0.5, 0.6) is 0 Å². The standard InChI is InChI=1S/C8H13NO4/c10-8(11)1-2-9-5-7-6-12-3-4-13-7/h1-2,7,9H,3-6H2,(H,10,11)/b2-1+. The summed E-state index contributed by atoms with van der Waals surface area (Å²) in [5, 5.41) is 11.1.